The Morgan fingerprint density at radius 2 is 2.40 bits per heavy atom. The average Bonchev–Trinajstić information content (AvgIpc) is 2.10. The highest BCUT2D eigenvalue weighted by Gasteiger charge is 2.12. The standard InChI is InChI=1S/C5H4FNO2S/c1-2-3(4(8)9)7-5(6)10-2/h1H3,(H,8,9). The van der Waals surface area contributed by atoms with E-state index >= 15 is 0 Å². The zero-order valence-corrected chi connectivity index (χ0v) is 5.91. The highest BCUT2D eigenvalue weighted by molar-refractivity contribution is 7.10. The molecule has 5 heteroatoms. The van der Waals surface area contributed by atoms with E-state index in [1.807, 2.05) is 0 Å². The van der Waals surface area contributed by atoms with Crippen LogP contribution in [0, 0.1) is 12.2 Å². The second-order valence-electron chi connectivity index (χ2n) is 1.68. The quantitative estimate of drug-likeness (QED) is 0.675. The van der Waals surface area contributed by atoms with Crippen molar-refractivity contribution < 1.29 is 14.3 Å². The van der Waals surface area contributed by atoms with Gasteiger partial charge in [-0.25, -0.2) is 9.78 Å². The van der Waals surface area contributed by atoms with Crippen LogP contribution in [0.4, 0.5) is 4.39 Å². The lowest BCUT2D eigenvalue weighted by atomic mass is 10.4. The number of thiazole rings is 1. The highest BCUT2D eigenvalue weighted by Crippen LogP contribution is 2.14. The van der Waals surface area contributed by atoms with Gasteiger partial charge in [-0.3, -0.25) is 0 Å². The number of carbonyl (C=O) groups is 1. The molecule has 0 saturated heterocycles. The lowest BCUT2D eigenvalue weighted by molar-refractivity contribution is 0.0689. The van der Waals surface area contributed by atoms with E-state index in [1.165, 1.54) is 6.92 Å². The molecule has 0 aliphatic rings. The van der Waals surface area contributed by atoms with Crippen molar-refractivity contribution in [2.45, 2.75) is 6.92 Å². The van der Waals surface area contributed by atoms with Crippen LogP contribution in [0.25, 0.3) is 0 Å². The fourth-order valence-electron chi connectivity index (χ4n) is 0.563. The smallest absolute Gasteiger partial charge is 0.355 e. The predicted molar refractivity (Wildman–Crippen MR) is 33.8 cm³/mol. The summed E-state index contributed by atoms with van der Waals surface area (Å²) in [6.45, 7) is 1.52. The molecule has 1 rings (SSSR count). The number of halogens is 1. The fraction of sp³-hybridized carbons (Fsp3) is 0.200. The summed E-state index contributed by atoms with van der Waals surface area (Å²) >= 11 is 0.739. The van der Waals surface area contributed by atoms with Crippen LogP contribution in [0.15, 0.2) is 0 Å². The van der Waals surface area contributed by atoms with E-state index < -0.39 is 11.2 Å². The first-order valence-electron chi connectivity index (χ1n) is 2.47. The van der Waals surface area contributed by atoms with E-state index in [0.717, 1.165) is 11.3 Å². The van der Waals surface area contributed by atoms with Gasteiger partial charge < -0.3 is 5.11 Å². The van der Waals surface area contributed by atoms with Crippen molar-refractivity contribution in [3.8, 4) is 0 Å². The van der Waals surface area contributed by atoms with Gasteiger partial charge in [0.2, 0.25) is 0 Å². The Bertz CT molecular complexity index is 271. The monoisotopic (exact) mass is 161 g/mol. The second-order valence-corrected chi connectivity index (χ2v) is 2.83. The number of aromatic carboxylic acids is 1. The number of nitrogens with zero attached hydrogens (tertiary/aromatic N) is 1. The summed E-state index contributed by atoms with van der Waals surface area (Å²) < 4.78 is 12.2. The average molecular weight is 161 g/mol. The number of hydrogen-bond donors (Lipinski definition) is 1. The maximum Gasteiger partial charge on any atom is 0.355 e. The third kappa shape index (κ3) is 1.13. The molecule has 0 saturated carbocycles. The van der Waals surface area contributed by atoms with Crippen LogP contribution in [0.3, 0.4) is 0 Å². The number of carboxylic acid groups (broad SMARTS) is 1. The van der Waals surface area contributed by atoms with Crippen molar-refractivity contribution in [2.24, 2.45) is 0 Å². The van der Waals surface area contributed by atoms with Gasteiger partial charge in [0.1, 0.15) is 0 Å². The van der Waals surface area contributed by atoms with E-state index in [1.54, 1.807) is 0 Å². The van der Waals surface area contributed by atoms with Crippen LogP contribution in [0.5, 0.6) is 0 Å². The molecule has 0 spiro atoms. The first kappa shape index (κ1) is 7.14. The van der Waals surface area contributed by atoms with Crippen LogP contribution in [-0.4, -0.2) is 16.1 Å². The molecule has 1 N–H and O–H groups in total. The van der Waals surface area contributed by atoms with Crippen molar-refractivity contribution in [3.05, 3.63) is 15.8 Å². The Morgan fingerprint density at radius 3 is 2.60 bits per heavy atom. The summed E-state index contributed by atoms with van der Waals surface area (Å²) in [5.41, 5.74) is -0.192. The highest BCUT2D eigenvalue weighted by atomic mass is 32.1. The molecule has 1 aromatic rings. The van der Waals surface area contributed by atoms with Crippen LogP contribution in [0.2, 0.25) is 0 Å². The molecule has 0 amide bonds. The van der Waals surface area contributed by atoms with Gasteiger partial charge >= 0.3 is 5.97 Å². The van der Waals surface area contributed by atoms with E-state index in [9.17, 15) is 9.18 Å². The third-order valence-electron chi connectivity index (χ3n) is 0.973. The Kier molecular flexibility index (Phi) is 1.67. The van der Waals surface area contributed by atoms with Crippen molar-refractivity contribution >= 4 is 17.3 Å². The number of carboxylic acids is 1. The minimum absolute atomic E-state index is 0.192. The number of aryl methyl sites for hydroxylation is 1. The first-order chi connectivity index (χ1) is 4.61. The van der Waals surface area contributed by atoms with Crippen molar-refractivity contribution in [3.63, 3.8) is 0 Å². The minimum Gasteiger partial charge on any atom is -0.476 e. The SMILES string of the molecule is Cc1sc(F)nc1C(=O)O. The first-order valence-corrected chi connectivity index (χ1v) is 3.29. The van der Waals surface area contributed by atoms with Crippen molar-refractivity contribution in [1.29, 1.82) is 0 Å². The molecule has 0 atom stereocenters. The van der Waals surface area contributed by atoms with Gasteiger partial charge in [-0.1, -0.05) is 11.3 Å². The Balaban J connectivity index is 3.15. The predicted octanol–water partition coefficient (Wildman–Crippen LogP) is 1.29. The Labute approximate surface area is 60.1 Å². The summed E-state index contributed by atoms with van der Waals surface area (Å²) in [6.07, 6.45) is 0. The Hall–Kier alpha value is -0.970. The zero-order valence-electron chi connectivity index (χ0n) is 5.09. The summed E-state index contributed by atoms with van der Waals surface area (Å²) in [6, 6.07) is 0. The van der Waals surface area contributed by atoms with Gasteiger partial charge in [-0.15, -0.1) is 0 Å². The van der Waals surface area contributed by atoms with Gasteiger partial charge in [-0.05, 0) is 6.92 Å². The number of aromatic nitrogens is 1. The number of rotatable bonds is 1. The summed E-state index contributed by atoms with van der Waals surface area (Å²) in [4.78, 5) is 13.8. The molecule has 54 valence electrons. The molecular formula is C5H4FNO2S. The van der Waals surface area contributed by atoms with Crippen LogP contribution in [-0.2, 0) is 0 Å². The van der Waals surface area contributed by atoms with Crippen LogP contribution >= 0.6 is 11.3 Å². The van der Waals surface area contributed by atoms with Crippen LogP contribution < -0.4 is 0 Å². The maximum atomic E-state index is 12.2. The summed E-state index contributed by atoms with van der Waals surface area (Å²) in [5.74, 6) is -1.18. The molecule has 1 heterocycles. The largest absolute Gasteiger partial charge is 0.476 e. The minimum atomic E-state index is -1.18. The molecule has 0 unspecified atom stereocenters. The molecule has 0 aliphatic carbocycles. The topological polar surface area (TPSA) is 50.2 Å². The summed E-state index contributed by atoms with van der Waals surface area (Å²) in [7, 11) is 0. The normalized spacial score (nSPS) is 9.80. The molecule has 0 aliphatic heterocycles. The van der Waals surface area contributed by atoms with Crippen LogP contribution in [0.1, 0.15) is 15.4 Å². The molecule has 0 fully saturated rings. The van der Waals surface area contributed by atoms with Gasteiger partial charge in [0.25, 0.3) is 5.26 Å². The van der Waals surface area contributed by atoms with Crippen molar-refractivity contribution in [2.75, 3.05) is 0 Å². The van der Waals surface area contributed by atoms with E-state index in [4.69, 9.17) is 5.11 Å². The lowest BCUT2D eigenvalue weighted by Crippen LogP contribution is -1.98. The lowest BCUT2D eigenvalue weighted by Gasteiger charge is -1.84. The van der Waals surface area contributed by atoms with Gasteiger partial charge in [0.05, 0.1) is 0 Å². The van der Waals surface area contributed by atoms with E-state index in [0.29, 0.717) is 4.88 Å². The zero-order chi connectivity index (χ0) is 7.72. The molecule has 10 heavy (non-hydrogen) atoms. The maximum absolute atomic E-state index is 12.2. The molecule has 1 aromatic heterocycles. The van der Waals surface area contributed by atoms with Gasteiger partial charge in [0, 0.05) is 4.88 Å². The van der Waals surface area contributed by atoms with Crippen molar-refractivity contribution in [1.82, 2.24) is 4.98 Å². The number of hydrogen-bond acceptors (Lipinski definition) is 3. The summed E-state index contributed by atoms with van der Waals surface area (Å²) in [5, 5.41) is 7.66. The molecular weight excluding hydrogens is 157 g/mol. The van der Waals surface area contributed by atoms with Gasteiger partial charge in [0.15, 0.2) is 5.69 Å². The fourth-order valence-corrected chi connectivity index (χ4v) is 1.18. The molecule has 0 radical (unpaired) electrons. The molecule has 0 bridgehead atoms. The second kappa shape index (κ2) is 2.34. The Morgan fingerprint density at radius 1 is 1.80 bits per heavy atom. The molecule has 0 aromatic carbocycles. The molecule has 3 nitrogen and oxygen atoms in total. The van der Waals surface area contributed by atoms with E-state index in [2.05, 4.69) is 4.98 Å². The van der Waals surface area contributed by atoms with E-state index in [-0.39, 0.29) is 5.69 Å². The third-order valence-corrected chi connectivity index (χ3v) is 1.73. The van der Waals surface area contributed by atoms with Gasteiger partial charge in [-0.2, -0.15) is 4.39 Å².